The molecule has 37 heavy (non-hydrogen) atoms. The van der Waals surface area contributed by atoms with Crippen LogP contribution in [0.15, 0.2) is 104 Å². The lowest BCUT2D eigenvalue weighted by Gasteiger charge is -2.58. The normalized spacial score (nSPS) is 26.0. The zero-order valence-corrected chi connectivity index (χ0v) is 21.1. The summed E-state index contributed by atoms with van der Waals surface area (Å²) in [7, 11) is 0. The van der Waals surface area contributed by atoms with E-state index in [-0.39, 0.29) is 6.04 Å². The SMILES string of the molecule is C=C[C@H]1C[N@+]2(Cc3c4ccccc4cc4ccccc34)CC[C@H]1C[C@@H]2[C@@H](O)c1ccnc2ccccc12. The van der Waals surface area contributed by atoms with Crippen LogP contribution in [-0.4, -0.2) is 33.7 Å². The molecule has 2 bridgehead atoms. The molecule has 0 amide bonds. The fraction of sp³-hybridized carbons (Fsp3) is 0.265. The van der Waals surface area contributed by atoms with Crippen LogP contribution in [0.3, 0.4) is 0 Å². The van der Waals surface area contributed by atoms with E-state index < -0.39 is 6.10 Å². The summed E-state index contributed by atoms with van der Waals surface area (Å²) in [5.74, 6) is 1.09. The van der Waals surface area contributed by atoms with Crippen LogP contribution in [0.4, 0.5) is 0 Å². The van der Waals surface area contributed by atoms with Gasteiger partial charge in [0.15, 0.2) is 0 Å². The molecule has 0 spiro atoms. The number of rotatable bonds is 5. The Kier molecular flexibility index (Phi) is 5.38. The maximum absolute atomic E-state index is 12.1. The molecule has 0 aliphatic carbocycles. The molecule has 0 saturated carbocycles. The second-order valence-electron chi connectivity index (χ2n) is 11.2. The van der Waals surface area contributed by atoms with Crippen molar-refractivity contribution in [1.82, 2.24) is 4.98 Å². The largest absolute Gasteiger partial charge is 0.382 e. The first-order valence-corrected chi connectivity index (χ1v) is 13.6. The standard InChI is InChI=1S/C34H33N2O/c1-2-23-21-36(22-31-27-11-5-3-9-25(27)19-26-10-4-6-12-28(26)31)18-16-24(23)20-33(36)34(37)30-15-17-35-32-14-8-7-13-29(30)32/h2-15,17,19,23-24,33-34,37H,1,16,18,20-22H2/q+1/t23-,24-,33+,34-,36-/m0/s1. The minimum atomic E-state index is -0.539. The molecule has 3 nitrogen and oxygen atoms in total. The summed E-state index contributed by atoms with van der Waals surface area (Å²) < 4.78 is 0.906. The fourth-order valence-corrected chi connectivity index (χ4v) is 7.56. The molecule has 5 aromatic rings. The van der Waals surface area contributed by atoms with Gasteiger partial charge in [-0.2, -0.15) is 0 Å². The van der Waals surface area contributed by atoms with Crippen LogP contribution in [0.2, 0.25) is 0 Å². The zero-order valence-electron chi connectivity index (χ0n) is 21.1. The van der Waals surface area contributed by atoms with Crippen molar-refractivity contribution in [3.8, 4) is 0 Å². The molecule has 4 heterocycles. The number of pyridine rings is 1. The van der Waals surface area contributed by atoms with Crippen LogP contribution >= 0.6 is 0 Å². The molecule has 1 N–H and O–H groups in total. The third-order valence-electron chi connectivity index (χ3n) is 9.40. The van der Waals surface area contributed by atoms with Gasteiger partial charge in [0, 0.05) is 35.9 Å². The van der Waals surface area contributed by atoms with Gasteiger partial charge in [-0.3, -0.25) is 4.98 Å². The van der Waals surface area contributed by atoms with Crippen molar-refractivity contribution in [1.29, 1.82) is 0 Å². The number of aromatic nitrogens is 1. The Morgan fingerprint density at radius 1 is 0.919 bits per heavy atom. The van der Waals surface area contributed by atoms with Crippen molar-refractivity contribution in [2.75, 3.05) is 13.1 Å². The molecule has 0 radical (unpaired) electrons. The molecule has 3 aliphatic heterocycles. The van der Waals surface area contributed by atoms with Gasteiger partial charge in [0.1, 0.15) is 18.7 Å². The van der Waals surface area contributed by atoms with Crippen LogP contribution in [-0.2, 0) is 6.54 Å². The number of quaternary nitrogens is 1. The van der Waals surface area contributed by atoms with Gasteiger partial charge in [0.25, 0.3) is 0 Å². The number of hydrogen-bond acceptors (Lipinski definition) is 2. The molecule has 3 heteroatoms. The summed E-state index contributed by atoms with van der Waals surface area (Å²) in [6, 6.07) is 30.3. The maximum atomic E-state index is 12.1. The van der Waals surface area contributed by atoms with E-state index >= 15 is 0 Å². The number of para-hydroxylation sites is 1. The van der Waals surface area contributed by atoms with E-state index in [2.05, 4.69) is 78.3 Å². The third kappa shape index (κ3) is 3.60. The van der Waals surface area contributed by atoms with Crippen molar-refractivity contribution < 1.29 is 9.59 Å². The van der Waals surface area contributed by atoms with Gasteiger partial charge in [0.05, 0.1) is 18.6 Å². The second-order valence-corrected chi connectivity index (χ2v) is 11.2. The lowest BCUT2D eigenvalue weighted by atomic mass is 9.71. The highest BCUT2D eigenvalue weighted by molar-refractivity contribution is 6.02. The van der Waals surface area contributed by atoms with Crippen LogP contribution < -0.4 is 0 Å². The van der Waals surface area contributed by atoms with E-state index in [9.17, 15) is 5.11 Å². The quantitative estimate of drug-likeness (QED) is 0.162. The highest BCUT2D eigenvalue weighted by atomic mass is 16.3. The second kappa shape index (κ2) is 8.79. The van der Waals surface area contributed by atoms with Crippen molar-refractivity contribution in [3.63, 3.8) is 0 Å². The maximum Gasteiger partial charge on any atom is 0.131 e. The van der Waals surface area contributed by atoms with Crippen LogP contribution in [0.25, 0.3) is 32.4 Å². The Balaban J connectivity index is 1.39. The molecular weight excluding hydrogens is 452 g/mol. The number of aliphatic hydroxyl groups excluding tert-OH is 1. The third-order valence-corrected chi connectivity index (χ3v) is 9.40. The Morgan fingerprint density at radius 3 is 2.32 bits per heavy atom. The molecule has 0 unspecified atom stereocenters. The summed E-state index contributed by atoms with van der Waals surface area (Å²) in [4.78, 5) is 4.57. The van der Waals surface area contributed by atoms with Gasteiger partial charge >= 0.3 is 0 Å². The van der Waals surface area contributed by atoms with E-state index in [4.69, 9.17) is 0 Å². The number of fused-ring (bicyclic) bond motifs is 6. The van der Waals surface area contributed by atoms with Gasteiger partial charge in [-0.15, -0.1) is 6.58 Å². The molecule has 5 atom stereocenters. The molecule has 184 valence electrons. The Morgan fingerprint density at radius 2 is 1.59 bits per heavy atom. The van der Waals surface area contributed by atoms with E-state index in [1.807, 2.05) is 30.5 Å². The lowest BCUT2D eigenvalue weighted by molar-refractivity contribution is -0.984. The minimum absolute atomic E-state index is 0.137. The van der Waals surface area contributed by atoms with Crippen LogP contribution in [0.5, 0.6) is 0 Å². The van der Waals surface area contributed by atoms with Gasteiger partial charge < -0.3 is 9.59 Å². The van der Waals surface area contributed by atoms with Crippen molar-refractivity contribution >= 4 is 32.4 Å². The Bertz CT molecular complexity index is 1580. The first-order chi connectivity index (χ1) is 18.2. The molecule has 1 aromatic heterocycles. The molecule has 3 fully saturated rings. The number of aliphatic hydroxyl groups is 1. The molecule has 4 aromatic carbocycles. The molecular formula is C34H33N2O+. The number of piperidine rings is 3. The fourth-order valence-electron chi connectivity index (χ4n) is 7.56. The topological polar surface area (TPSA) is 33.1 Å². The Hall–Kier alpha value is -3.53. The van der Waals surface area contributed by atoms with Gasteiger partial charge in [-0.1, -0.05) is 72.8 Å². The number of hydrogen-bond donors (Lipinski definition) is 1. The monoisotopic (exact) mass is 485 g/mol. The van der Waals surface area contributed by atoms with E-state index in [0.717, 1.165) is 47.0 Å². The van der Waals surface area contributed by atoms with E-state index in [1.54, 1.807) is 0 Å². The van der Waals surface area contributed by atoms with Gasteiger partial charge in [0.2, 0.25) is 0 Å². The van der Waals surface area contributed by atoms with E-state index in [0.29, 0.717) is 11.8 Å². The minimum Gasteiger partial charge on any atom is -0.382 e. The van der Waals surface area contributed by atoms with Crippen molar-refractivity contribution in [2.24, 2.45) is 11.8 Å². The highest BCUT2D eigenvalue weighted by Crippen LogP contribution is 2.49. The molecule has 3 saturated heterocycles. The Labute approximate surface area is 218 Å². The molecule has 8 rings (SSSR count). The van der Waals surface area contributed by atoms with Crippen LogP contribution in [0.1, 0.15) is 30.1 Å². The molecule has 3 aliphatic rings. The summed E-state index contributed by atoms with van der Waals surface area (Å²) >= 11 is 0. The van der Waals surface area contributed by atoms with Gasteiger partial charge in [-0.25, -0.2) is 0 Å². The first-order valence-electron chi connectivity index (χ1n) is 13.6. The predicted octanol–water partition coefficient (Wildman–Crippen LogP) is 7.19. The number of benzene rings is 4. The predicted molar refractivity (Wildman–Crippen MR) is 152 cm³/mol. The van der Waals surface area contributed by atoms with Crippen molar-refractivity contribution in [3.05, 3.63) is 115 Å². The lowest BCUT2D eigenvalue weighted by Crippen LogP contribution is -2.67. The highest BCUT2D eigenvalue weighted by Gasteiger charge is 2.54. The smallest absolute Gasteiger partial charge is 0.131 e. The van der Waals surface area contributed by atoms with Gasteiger partial charge in [-0.05, 0) is 51.2 Å². The van der Waals surface area contributed by atoms with Crippen LogP contribution in [0, 0.1) is 11.8 Å². The number of nitrogens with zero attached hydrogens (tertiary/aromatic N) is 2. The summed E-state index contributed by atoms with van der Waals surface area (Å²) in [5, 5.41) is 18.4. The summed E-state index contributed by atoms with van der Waals surface area (Å²) in [6.45, 7) is 7.28. The average molecular weight is 486 g/mol. The zero-order chi connectivity index (χ0) is 25.0. The average Bonchev–Trinajstić information content (AvgIpc) is 2.96. The summed E-state index contributed by atoms with van der Waals surface area (Å²) in [6.07, 6.45) is 5.72. The summed E-state index contributed by atoms with van der Waals surface area (Å²) in [5.41, 5.74) is 3.37. The first kappa shape index (κ1) is 22.7. The van der Waals surface area contributed by atoms with E-state index in [1.165, 1.54) is 33.5 Å². The van der Waals surface area contributed by atoms with Crippen molar-refractivity contribution in [2.45, 2.75) is 31.5 Å².